The first kappa shape index (κ1) is 26.4. The Bertz CT molecular complexity index is 586. The molecule has 166 valence electrons. The Morgan fingerprint density at radius 3 is 2.66 bits per heavy atom. The van der Waals surface area contributed by atoms with Gasteiger partial charge in [0.05, 0.1) is 25.8 Å². The quantitative estimate of drug-likeness (QED) is 0.195. The molecule has 0 aliphatic carbocycles. The fourth-order valence-electron chi connectivity index (χ4n) is 3.24. The molecular weight excluding hydrogens is 503 g/mol. The lowest BCUT2D eigenvalue weighted by molar-refractivity contribution is 0.0180. The second kappa shape index (κ2) is 16.1. The van der Waals surface area contributed by atoms with Gasteiger partial charge in [0.25, 0.3) is 0 Å². The van der Waals surface area contributed by atoms with Gasteiger partial charge in [-0.2, -0.15) is 0 Å². The normalized spacial score (nSPS) is 16.2. The number of hydrogen-bond donors (Lipinski definition) is 2. The molecule has 0 radical (unpaired) electrons. The van der Waals surface area contributed by atoms with E-state index in [-0.39, 0.29) is 30.0 Å². The van der Waals surface area contributed by atoms with Crippen LogP contribution in [0.2, 0.25) is 5.02 Å². The van der Waals surface area contributed by atoms with Gasteiger partial charge in [-0.3, -0.25) is 9.89 Å². The van der Waals surface area contributed by atoms with Gasteiger partial charge in [-0.15, -0.1) is 24.0 Å². The van der Waals surface area contributed by atoms with Gasteiger partial charge in [0, 0.05) is 44.4 Å². The number of nitrogens with zero attached hydrogens (tertiary/aromatic N) is 2. The molecule has 2 N–H and O–H groups in total. The molecule has 0 spiro atoms. The van der Waals surface area contributed by atoms with Crippen molar-refractivity contribution in [3.63, 3.8) is 0 Å². The Kier molecular flexibility index (Phi) is 14.7. The first-order valence-corrected chi connectivity index (χ1v) is 10.8. The summed E-state index contributed by atoms with van der Waals surface area (Å²) in [4.78, 5) is 7.28. The van der Waals surface area contributed by atoms with Crippen LogP contribution in [0, 0.1) is 0 Å². The molecule has 6 nitrogen and oxygen atoms in total. The number of rotatable bonds is 11. The molecule has 29 heavy (non-hydrogen) atoms. The average molecular weight is 539 g/mol. The number of benzene rings is 1. The summed E-state index contributed by atoms with van der Waals surface area (Å²) in [6.07, 6.45) is 2.11. The van der Waals surface area contributed by atoms with Crippen LogP contribution in [0.5, 0.6) is 0 Å². The summed E-state index contributed by atoms with van der Waals surface area (Å²) in [7, 11) is 0. The predicted molar refractivity (Wildman–Crippen MR) is 132 cm³/mol. The highest BCUT2D eigenvalue weighted by Gasteiger charge is 2.24. The van der Waals surface area contributed by atoms with Gasteiger partial charge in [-0.25, -0.2) is 0 Å². The highest BCUT2D eigenvalue weighted by Crippen LogP contribution is 2.28. The van der Waals surface area contributed by atoms with Crippen LogP contribution in [-0.4, -0.2) is 70.0 Å². The molecule has 8 heteroatoms. The third-order valence-electron chi connectivity index (χ3n) is 4.73. The van der Waals surface area contributed by atoms with Gasteiger partial charge in [-0.05, 0) is 38.3 Å². The van der Waals surface area contributed by atoms with Crippen molar-refractivity contribution in [1.82, 2.24) is 15.5 Å². The van der Waals surface area contributed by atoms with Crippen LogP contribution in [0.3, 0.4) is 0 Å². The molecule has 1 heterocycles. The summed E-state index contributed by atoms with van der Waals surface area (Å²) in [5, 5.41) is 7.56. The molecule has 0 aromatic heterocycles. The number of ether oxygens (including phenoxy) is 2. The molecule has 0 bridgehead atoms. The van der Waals surface area contributed by atoms with Crippen molar-refractivity contribution in [2.75, 3.05) is 59.2 Å². The summed E-state index contributed by atoms with van der Waals surface area (Å²) in [5.74, 6) is 0.851. The highest BCUT2D eigenvalue weighted by atomic mass is 127. The zero-order valence-electron chi connectivity index (χ0n) is 17.7. The zero-order chi connectivity index (χ0) is 20.0. The molecule has 0 saturated carbocycles. The predicted octanol–water partition coefficient (Wildman–Crippen LogP) is 3.70. The van der Waals surface area contributed by atoms with Crippen LogP contribution in [0.4, 0.5) is 0 Å². The van der Waals surface area contributed by atoms with Crippen LogP contribution < -0.4 is 10.6 Å². The van der Waals surface area contributed by atoms with E-state index in [1.807, 2.05) is 25.1 Å². The van der Waals surface area contributed by atoms with Crippen molar-refractivity contribution in [1.29, 1.82) is 0 Å². The third-order valence-corrected chi connectivity index (χ3v) is 5.07. The zero-order valence-corrected chi connectivity index (χ0v) is 20.7. The molecule has 1 aliphatic heterocycles. The number of hydrogen-bond acceptors (Lipinski definition) is 4. The highest BCUT2D eigenvalue weighted by molar-refractivity contribution is 14.0. The van der Waals surface area contributed by atoms with E-state index >= 15 is 0 Å². The maximum Gasteiger partial charge on any atom is 0.191 e. The molecular formula is C21H36ClIN4O2. The molecule has 1 atom stereocenters. The van der Waals surface area contributed by atoms with Crippen molar-refractivity contribution in [2.45, 2.75) is 32.7 Å². The lowest BCUT2D eigenvalue weighted by atomic mass is 10.0. The standard InChI is InChI=1S/C21H35ClN4O2.HI/c1-3-23-21(24-11-7-8-14-27-4-2)25-17-20(26-12-15-28-16-13-26)18-9-5-6-10-19(18)22;/h5-6,9-10,20H,3-4,7-8,11-17H2,1-2H3,(H2,23,24,25);1H. The molecule has 1 aromatic rings. The largest absolute Gasteiger partial charge is 0.382 e. The summed E-state index contributed by atoms with van der Waals surface area (Å²) in [6, 6.07) is 8.22. The molecule has 0 amide bonds. The maximum atomic E-state index is 6.51. The van der Waals surface area contributed by atoms with Crippen molar-refractivity contribution in [3.05, 3.63) is 34.9 Å². The Labute approximate surface area is 197 Å². The first-order chi connectivity index (χ1) is 13.8. The number of morpholine rings is 1. The van der Waals surface area contributed by atoms with Gasteiger partial charge < -0.3 is 20.1 Å². The second-order valence-electron chi connectivity index (χ2n) is 6.74. The smallest absolute Gasteiger partial charge is 0.191 e. The minimum Gasteiger partial charge on any atom is -0.382 e. The van der Waals surface area contributed by atoms with Crippen molar-refractivity contribution in [3.8, 4) is 0 Å². The molecule has 2 rings (SSSR count). The Balaban J connectivity index is 0.00000420. The van der Waals surface area contributed by atoms with Gasteiger partial charge in [0.2, 0.25) is 0 Å². The van der Waals surface area contributed by atoms with Crippen LogP contribution in [-0.2, 0) is 9.47 Å². The van der Waals surface area contributed by atoms with E-state index in [9.17, 15) is 0 Å². The molecule has 1 saturated heterocycles. The van der Waals surface area contributed by atoms with E-state index < -0.39 is 0 Å². The van der Waals surface area contributed by atoms with E-state index in [4.69, 9.17) is 26.1 Å². The summed E-state index contributed by atoms with van der Waals surface area (Å²) in [5.41, 5.74) is 1.13. The van der Waals surface area contributed by atoms with Gasteiger partial charge in [-0.1, -0.05) is 29.8 Å². The van der Waals surface area contributed by atoms with E-state index in [2.05, 4.69) is 28.5 Å². The lowest BCUT2D eigenvalue weighted by Gasteiger charge is -2.34. The second-order valence-corrected chi connectivity index (χ2v) is 7.14. The van der Waals surface area contributed by atoms with E-state index in [0.717, 1.165) is 82.0 Å². The number of nitrogens with one attached hydrogen (secondary N) is 2. The molecule has 1 aliphatic rings. The summed E-state index contributed by atoms with van der Waals surface area (Å²) < 4.78 is 10.9. The Morgan fingerprint density at radius 2 is 1.97 bits per heavy atom. The lowest BCUT2D eigenvalue weighted by Crippen LogP contribution is -2.42. The van der Waals surface area contributed by atoms with E-state index in [0.29, 0.717) is 6.54 Å². The number of unbranched alkanes of at least 4 members (excludes halogenated alkanes) is 1. The van der Waals surface area contributed by atoms with Gasteiger partial charge in [0.15, 0.2) is 5.96 Å². The number of aliphatic imine (C=N–C) groups is 1. The Hall–Kier alpha value is -0.610. The minimum atomic E-state index is 0. The third kappa shape index (κ3) is 9.83. The van der Waals surface area contributed by atoms with Crippen molar-refractivity contribution < 1.29 is 9.47 Å². The topological polar surface area (TPSA) is 58.1 Å². The van der Waals surface area contributed by atoms with E-state index in [1.54, 1.807) is 0 Å². The number of halogens is 2. The fraction of sp³-hybridized carbons (Fsp3) is 0.667. The van der Waals surface area contributed by atoms with Gasteiger partial charge >= 0.3 is 0 Å². The SMILES string of the molecule is CCNC(=NCC(c1ccccc1Cl)N1CCOCC1)NCCCCOCC.I. The molecule has 1 unspecified atom stereocenters. The van der Waals surface area contributed by atoms with Crippen LogP contribution in [0.25, 0.3) is 0 Å². The maximum absolute atomic E-state index is 6.51. The van der Waals surface area contributed by atoms with Gasteiger partial charge in [0.1, 0.15) is 0 Å². The van der Waals surface area contributed by atoms with Crippen LogP contribution >= 0.6 is 35.6 Å². The summed E-state index contributed by atoms with van der Waals surface area (Å²) >= 11 is 6.51. The Morgan fingerprint density at radius 1 is 1.21 bits per heavy atom. The van der Waals surface area contributed by atoms with Crippen LogP contribution in [0.1, 0.15) is 38.3 Å². The summed E-state index contributed by atoms with van der Waals surface area (Å²) in [6.45, 7) is 11.4. The number of guanidine groups is 1. The van der Waals surface area contributed by atoms with Crippen LogP contribution in [0.15, 0.2) is 29.3 Å². The average Bonchev–Trinajstić information content (AvgIpc) is 2.72. The van der Waals surface area contributed by atoms with Crippen molar-refractivity contribution >= 4 is 41.5 Å². The first-order valence-electron chi connectivity index (χ1n) is 10.4. The minimum absolute atomic E-state index is 0. The fourth-order valence-corrected chi connectivity index (χ4v) is 3.51. The van der Waals surface area contributed by atoms with Crippen molar-refractivity contribution in [2.24, 2.45) is 4.99 Å². The van der Waals surface area contributed by atoms with E-state index in [1.165, 1.54) is 0 Å². The molecule has 1 aromatic carbocycles. The monoisotopic (exact) mass is 538 g/mol. The molecule has 1 fully saturated rings.